The van der Waals surface area contributed by atoms with E-state index in [0.29, 0.717) is 13.2 Å². The van der Waals surface area contributed by atoms with Crippen LogP contribution >= 0.6 is 0 Å². The second-order valence-electron chi connectivity index (χ2n) is 7.33. The summed E-state index contributed by atoms with van der Waals surface area (Å²) in [6.45, 7) is 4.91. The van der Waals surface area contributed by atoms with Gasteiger partial charge in [-0.15, -0.1) is 0 Å². The van der Waals surface area contributed by atoms with Crippen LogP contribution < -0.4 is 0 Å². The number of aryl methyl sites for hydroxylation is 2. The van der Waals surface area contributed by atoms with Crippen molar-refractivity contribution in [2.45, 2.75) is 51.2 Å². The van der Waals surface area contributed by atoms with Gasteiger partial charge in [0.1, 0.15) is 6.10 Å². The van der Waals surface area contributed by atoms with Crippen molar-refractivity contribution in [2.24, 2.45) is 7.05 Å². The summed E-state index contributed by atoms with van der Waals surface area (Å²) in [5.41, 5.74) is 4.08. The second kappa shape index (κ2) is 6.84. The van der Waals surface area contributed by atoms with Gasteiger partial charge < -0.3 is 9.64 Å². The minimum Gasteiger partial charge on any atom is -0.366 e. The van der Waals surface area contributed by atoms with Gasteiger partial charge in [-0.25, -0.2) is 0 Å². The third kappa shape index (κ3) is 3.09. The molecule has 0 saturated carbocycles. The largest absolute Gasteiger partial charge is 0.366 e. The van der Waals surface area contributed by atoms with Gasteiger partial charge in [-0.3, -0.25) is 14.4 Å². The van der Waals surface area contributed by atoms with Crippen molar-refractivity contribution >= 4 is 5.91 Å². The first-order valence-corrected chi connectivity index (χ1v) is 9.39. The fourth-order valence-electron chi connectivity index (χ4n) is 4.29. The lowest BCUT2D eigenvalue weighted by Gasteiger charge is -2.34. The van der Waals surface area contributed by atoms with Crippen molar-refractivity contribution in [3.05, 3.63) is 17.0 Å². The lowest BCUT2D eigenvalue weighted by Crippen LogP contribution is -2.50. The Hall–Kier alpha value is -1.40. The molecular formula is C18H28N4O2. The van der Waals surface area contributed by atoms with Gasteiger partial charge in [-0.05, 0) is 44.1 Å². The number of likely N-dealkylation sites (tertiary alicyclic amines) is 1. The Morgan fingerprint density at radius 3 is 2.79 bits per heavy atom. The third-order valence-corrected chi connectivity index (χ3v) is 5.67. The maximum atomic E-state index is 12.6. The Bertz CT molecular complexity index is 606. The molecule has 1 atom stereocenters. The summed E-state index contributed by atoms with van der Waals surface area (Å²) < 4.78 is 7.85. The molecule has 0 bridgehead atoms. The molecule has 0 spiro atoms. The summed E-state index contributed by atoms with van der Waals surface area (Å²) in [6.07, 6.45) is 6.76. The standard InChI is InChI=1S/C18H28N4O2/c1-20-16(14-6-2-3-7-15(14)19-20)12-21-10-11-24-17(13-21)18(23)22-8-4-5-9-22/h17H,2-13H2,1H3. The van der Waals surface area contributed by atoms with Crippen molar-refractivity contribution in [1.29, 1.82) is 0 Å². The number of ether oxygens (including phenoxy) is 1. The molecule has 6 nitrogen and oxygen atoms in total. The number of nitrogens with zero attached hydrogens (tertiary/aromatic N) is 4. The van der Waals surface area contributed by atoms with E-state index in [1.165, 1.54) is 29.8 Å². The van der Waals surface area contributed by atoms with Gasteiger partial charge in [-0.1, -0.05) is 0 Å². The van der Waals surface area contributed by atoms with Crippen molar-refractivity contribution in [3.8, 4) is 0 Å². The van der Waals surface area contributed by atoms with Crippen LogP contribution in [0.4, 0.5) is 0 Å². The van der Waals surface area contributed by atoms with Crippen LogP contribution in [0, 0.1) is 0 Å². The number of carbonyl (C=O) groups excluding carboxylic acids is 1. The van der Waals surface area contributed by atoms with Crippen LogP contribution in [0.15, 0.2) is 0 Å². The Kier molecular flexibility index (Phi) is 4.59. The number of aromatic nitrogens is 2. The first kappa shape index (κ1) is 16.1. The maximum absolute atomic E-state index is 12.6. The van der Waals surface area contributed by atoms with Crippen molar-refractivity contribution in [3.63, 3.8) is 0 Å². The molecular weight excluding hydrogens is 304 g/mol. The Balaban J connectivity index is 1.43. The molecule has 24 heavy (non-hydrogen) atoms. The number of fused-ring (bicyclic) bond motifs is 1. The maximum Gasteiger partial charge on any atom is 0.253 e. The van der Waals surface area contributed by atoms with Crippen LogP contribution in [-0.4, -0.2) is 64.4 Å². The molecule has 1 unspecified atom stereocenters. The normalized spacial score (nSPS) is 25.0. The number of rotatable bonds is 3. The van der Waals surface area contributed by atoms with E-state index in [4.69, 9.17) is 9.84 Å². The van der Waals surface area contributed by atoms with E-state index in [0.717, 1.165) is 51.9 Å². The van der Waals surface area contributed by atoms with Crippen molar-refractivity contribution in [2.75, 3.05) is 32.8 Å². The second-order valence-corrected chi connectivity index (χ2v) is 7.33. The number of hydrogen-bond donors (Lipinski definition) is 0. The number of amides is 1. The Morgan fingerprint density at radius 2 is 1.96 bits per heavy atom. The minimum atomic E-state index is -0.291. The van der Waals surface area contributed by atoms with E-state index in [9.17, 15) is 4.79 Å². The number of carbonyl (C=O) groups is 1. The average Bonchev–Trinajstić information content (AvgIpc) is 3.24. The van der Waals surface area contributed by atoms with Gasteiger partial charge in [0.15, 0.2) is 0 Å². The van der Waals surface area contributed by atoms with E-state index >= 15 is 0 Å². The van der Waals surface area contributed by atoms with Crippen LogP contribution in [0.3, 0.4) is 0 Å². The number of hydrogen-bond acceptors (Lipinski definition) is 4. The summed E-state index contributed by atoms with van der Waals surface area (Å²) >= 11 is 0. The Labute approximate surface area is 143 Å². The zero-order chi connectivity index (χ0) is 16.5. The molecule has 0 N–H and O–H groups in total. The quantitative estimate of drug-likeness (QED) is 0.832. The zero-order valence-corrected chi connectivity index (χ0v) is 14.7. The third-order valence-electron chi connectivity index (χ3n) is 5.67. The first-order chi connectivity index (χ1) is 11.7. The molecule has 2 saturated heterocycles. The van der Waals surface area contributed by atoms with Crippen LogP contribution in [0.1, 0.15) is 42.6 Å². The zero-order valence-electron chi connectivity index (χ0n) is 14.7. The molecule has 1 amide bonds. The topological polar surface area (TPSA) is 50.6 Å². The summed E-state index contributed by atoms with van der Waals surface area (Å²) in [5, 5.41) is 4.72. The van der Waals surface area contributed by atoms with Crippen molar-refractivity contribution in [1.82, 2.24) is 19.6 Å². The highest BCUT2D eigenvalue weighted by Crippen LogP contribution is 2.25. The highest BCUT2D eigenvalue weighted by Gasteiger charge is 2.32. The molecule has 4 rings (SSSR count). The van der Waals surface area contributed by atoms with Crippen LogP contribution in [0.25, 0.3) is 0 Å². The van der Waals surface area contributed by atoms with Gasteiger partial charge in [0.05, 0.1) is 18.0 Å². The Morgan fingerprint density at radius 1 is 1.17 bits per heavy atom. The highest BCUT2D eigenvalue weighted by atomic mass is 16.5. The molecule has 0 aromatic carbocycles. The first-order valence-electron chi connectivity index (χ1n) is 9.39. The predicted octanol–water partition coefficient (Wildman–Crippen LogP) is 1.12. The molecule has 3 aliphatic rings. The highest BCUT2D eigenvalue weighted by molar-refractivity contribution is 5.81. The van der Waals surface area contributed by atoms with Crippen molar-refractivity contribution < 1.29 is 9.53 Å². The molecule has 3 heterocycles. The van der Waals surface area contributed by atoms with Gasteiger partial charge >= 0.3 is 0 Å². The molecule has 1 aliphatic carbocycles. The molecule has 1 aromatic heterocycles. The lowest BCUT2D eigenvalue weighted by molar-refractivity contribution is -0.148. The fraction of sp³-hybridized carbons (Fsp3) is 0.778. The fourth-order valence-corrected chi connectivity index (χ4v) is 4.29. The monoisotopic (exact) mass is 332 g/mol. The van der Waals surface area contributed by atoms with Gasteiger partial charge in [-0.2, -0.15) is 5.10 Å². The SMILES string of the molecule is Cn1nc2c(c1CN1CCOC(C(=O)N3CCCC3)C1)CCCC2. The molecule has 6 heteroatoms. The summed E-state index contributed by atoms with van der Waals surface area (Å²) in [5.74, 6) is 0.184. The molecule has 2 aliphatic heterocycles. The van der Waals surface area contributed by atoms with Gasteiger partial charge in [0.2, 0.25) is 0 Å². The summed E-state index contributed by atoms with van der Waals surface area (Å²) in [6, 6.07) is 0. The van der Waals surface area contributed by atoms with Crippen LogP contribution in [0.2, 0.25) is 0 Å². The molecule has 132 valence electrons. The van der Waals surface area contributed by atoms with Gasteiger partial charge in [0.25, 0.3) is 5.91 Å². The molecule has 1 aromatic rings. The van der Waals surface area contributed by atoms with Crippen LogP contribution in [-0.2, 0) is 36.0 Å². The summed E-state index contributed by atoms with van der Waals surface area (Å²) in [7, 11) is 2.06. The summed E-state index contributed by atoms with van der Waals surface area (Å²) in [4.78, 5) is 16.9. The smallest absolute Gasteiger partial charge is 0.253 e. The number of morpholine rings is 1. The van der Waals surface area contributed by atoms with E-state index < -0.39 is 0 Å². The van der Waals surface area contributed by atoms with E-state index in [2.05, 4.69) is 16.6 Å². The van der Waals surface area contributed by atoms with E-state index in [1.807, 2.05) is 4.90 Å². The molecule has 2 fully saturated rings. The van der Waals surface area contributed by atoms with Crippen LogP contribution in [0.5, 0.6) is 0 Å². The predicted molar refractivity (Wildman–Crippen MR) is 90.7 cm³/mol. The molecule has 0 radical (unpaired) electrons. The minimum absolute atomic E-state index is 0.184. The lowest BCUT2D eigenvalue weighted by atomic mass is 9.95. The average molecular weight is 332 g/mol. The van der Waals surface area contributed by atoms with E-state index in [1.54, 1.807) is 0 Å². The van der Waals surface area contributed by atoms with Gasteiger partial charge in [0, 0.05) is 39.8 Å². The van der Waals surface area contributed by atoms with E-state index in [-0.39, 0.29) is 12.0 Å².